The van der Waals surface area contributed by atoms with E-state index in [9.17, 15) is 19.5 Å². The van der Waals surface area contributed by atoms with Gasteiger partial charge in [-0.05, 0) is 12.8 Å². The van der Waals surface area contributed by atoms with Gasteiger partial charge < -0.3 is 25.5 Å². The second-order valence-electron chi connectivity index (χ2n) is 4.97. The molecule has 1 saturated carbocycles. The van der Waals surface area contributed by atoms with Gasteiger partial charge in [0.25, 0.3) is 0 Å². The SMILES string of the molecule is CN(C(=O)NC(CC(=O)O)C(=O)O)C1CCCCC1O. The lowest BCUT2D eigenvalue weighted by Gasteiger charge is -2.35. The molecule has 1 aliphatic rings. The first-order valence-corrected chi connectivity index (χ1v) is 6.49. The Morgan fingerprint density at radius 3 is 2.35 bits per heavy atom. The quantitative estimate of drug-likeness (QED) is 0.557. The van der Waals surface area contributed by atoms with Gasteiger partial charge in [0.15, 0.2) is 0 Å². The molecule has 2 amide bonds. The fourth-order valence-electron chi connectivity index (χ4n) is 2.32. The molecule has 20 heavy (non-hydrogen) atoms. The van der Waals surface area contributed by atoms with Crippen LogP contribution in [-0.2, 0) is 9.59 Å². The number of amides is 2. The Balaban J connectivity index is 2.63. The van der Waals surface area contributed by atoms with Crippen LogP contribution in [-0.4, -0.2) is 63.4 Å². The van der Waals surface area contributed by atoms with Crippen LogP contribution >= 0.6 is 0 Å². The van der Waals surface area contributed by atoms with Crippen LogP contribution in [0.15, 0.2) is 0 Å². The largest absolute Gasteiger partial charge is 0.481 e. The van der Waals surface area contributed by atoms with E-state index in [4.69, 9.17) is 10.2 Å². The minimum atomic E-state index is -1.48. The molecule has 1 aliphatic carbocycles. The highest BCUT2D eigenvalue weighted by Gasteiger charge is 2.31. The average Bonchev–Trinajstić information content (AvgIpc) is 2.37. The van der Waals surface area contributed by atoms with Crippen LogP contribution in [0.5, 0.6) is 0 Å². The molecule has 0 heterocycles. The number of carboxylic acid groups (broad SMARTS) is 2. The van der Waals surface area contributed by atoms with E-state index < -0.39 is 36.5 Å². The zero-order valence-electron chi connectivity index (χ0n) is 11.3. The van der Waals surface area contributed by atoms with Crippen molar-refractivity contribution < 1.29 is 29.7 Å². The van der Waals surface area contributed by atoms with Crippen molar-refractivity contribution in [2.75, 3.05) is 7.05 Å². The normalized spacial score (nSPS) is 23.7. The first-order valence-electron chi connectivity index (χ1n) is 6.49. The number of hydrogen-bond acceptors (Lipinski definition) is 4. The number of hydrogen-bond donors (Lipinski definition) is 4. The zero-order chi connectivity index (χ0) is 15.3. The Hall–Kier alpha value is -1.83. The van der Waals surface area contributed by atoms with Gasteiger partial charge in [-0.1, -0.05) is 12.8 Å². The Morgan fingerprint density at radius 1 is 1.25 bits per heavy atom. The van der Waals surface area contributed by atoms with E-state index in [1.807, 2.05) is 0 Å². The summed E-state index contributed by atoms with van der Waals surface area (Å²) in [5, 5.41) is 29.5. The van der Waals surface area contributed by atoms with Crippen molar-refractivity contribution in [2.24, 2.45) is 0 Å². The fraction of sp³-hybridized carbons (Fsp3) is 0.750. The fourth-order valence-corrected chi connectivity index (χ4v) is 2.32. The molecule has 0 aromatic carbocycles. The summed E-state index contributed by atoms with van der Waals surface area (Å²) in [6.45, 7) is 0. The van der Waals surface area contributed by atoms with E-state index >= 15 is 0 Å². The van der Waals surface area contributed by atoms with E-state index in [1.165, 1.54) is 11.9 Å². The number of aliphatic carboxylic acids is 2. The van der Waals surface area contributed by atoms with E-state index in [-0.39, 0.29) is 6.04 Å². The maximum absolute atomic E-state index is 11.9. The molecule has 0 saturated heterocycles. The minimum Gasteiger partial charge on any atom is -0.481 e. The first kappa shape index (κ1) is 16.2. The first-order chi connectivity index (χ1) is 9.32. The molecule has 0 radical (unpaired) electrons. The Labute approximate surface area is 116 Å². The third-order valence-corrected chi connectivity index (χ3v) is 3.49. The van der Waals surface area contributed by atoms with Crippen molar-refractivity contribution in [1.29, 1.82) is 0 Å². The van der Waals surface area contributed by atoms with Crippen molar-refractivity contribution in [3.05, 3.63) is 0 Å². The maximum atomic E-state index is 11.9. The predicted molar refractivity (Wildman–Crippen MR) is 68.2 cm³/mol. The maximum Gasteiger partial charge on any atom is 0.326 e. The Morgan fingerprint density at radius 2 is 1.85 bits per heavy atom. The van der Waals surface area contributed by atoms with E-state index in [2.05, 4.69) is 5.32 Å². The van der Waals surface area contributed by atoms with Crippen molar-refractivity contribution in [3.8, 4) is 0 Å². The van der Waals surface area contributed by atoms with Gasteiger partial charge >= 0.3 is 18.0 Å². The van der Waals surface area contributed by atoms with Gasteiger partial charge in [0.2, 0.25) is 0 Å². The zero-order valence-corrected chi connectivity index (χ0v) is 11.3. The molecule has 0 aromatic rings. The summed E-state index contributed by atoms with van der Waals surface area (Å²) in [5.74, 6) is -2.71. The topological polar surface area (TPSA) is 127 Å². The Kier molecular flexibility index (Phi) is 5.75. The molecule has 8 heteroatoms. The van der Waals surface area contributed by atoms with Gasteiger partial charge in [-0.3, -0.25) is 4.79 Å². The van der Waals surface area contributed by atoms with Crippen LogP contribution in [0.4, 0.5) is 4.79 Å². The molecular weight excluding hydrogens is 268 g/mol. The summed E-state index contributed by atoms with van der Waals surface area (Å²) in [6.07, 6.45) is 1.69. The molecule has 0 aliphatic heterocycles. The van der Waals surface area contributed by atoms with Crippen molar-refractivity contribution in [1.82, 2.24) is 10.2 Å². The third kappa shape index (κ3) is 4.37. The highest BCUT2D eigenvalue weighted by atomic mass is 16.4. The standard InChI is InChI=1S/C12H20N2O6/c1-14(8-4-2-3-5-9(8)15)12(20)13-7(11(18)19)6-10(16)17/h7-9,15H,2-6H2,1H3,(H,13,20)(H,16,17)(H,18,19). The second kappa shape index (κ2) is 7.09. The number of aliphatic hydroxyl groups is 1. The molecule has 8 nitrogen and oxygen atoms in total. The predicted octanol–water partition coefficient (Wildman–Crippen LogP) is -0.141. The summed E-state index contributed by atoms with van der Waals surface area (Å²) in [6, 6.07) is -2.55. The lowest BCUT2D eigenvalue weighted by atomic mass is 9.92. The smallest absolute Gasteiger partial charge is 0.326 e. The van der Waals surface area contributed by atoms with Gasteiger partial charge in [-0.15, -0.1) is 0 Å². The monoisotopic (exact) mass is 288 g/mol. The van der Waals surface area contributed by atoms with Crippen molar-refractivity contribution in [2.45, 2.75) is 50.3 Å². The molecule has 1 rings (SSSR count). The minimum absolute atomic E-state index is 0.372. The van der Waals surface area contributed by atoms with Crippen LogP contribution in [0.3, 0.4) is 0 Å². The number of carbonyl (C=O) groups is 3. The highest BCUT2D eigenvalue weighted by Crippen LogP contribution is 2.22. The van der Waals surface area contributed by atoms with E-state index in [0.717, 1.165) is 12.8 Å². The number of likely N-dealkylation sites (N-methyl/N-ethyl adjacent to an activating group) is 1. The van der Waals surface area contributed by atoms with Gasteiger partial charge in [0, 0.05) is 7.05 Å². The van der Waals surface area contributed by atoms with Crippen molar-refractivity contribution >= 4 is 18.0 Å². The molecule has 3 unspecified atom stereocenters. The molecule has 0 aromatic heterocycles. The average molecular weight is 288 g/mol. The molecule has 4 N–H and O–H groups in total. The van der Waals surface area contributed by atoms with E-state index in [1.54, 1.807) is 0 Å². The van der Waals surface area contributed by atoms with Crippen LogP contribution in [0, 0.1) is 0 Å². The molecule has 1 fully saturated rings. The van der Waals surface area contributed by atoms with Crippen molar-refractivity contribution in [3.63, 3.8) is 0 Å². The number of nitrogens with one attached hydrogen (secondary N) is 1. The number of carboxylic acids is 2. The highest BCUT2D eigenvalue weighted by molar-refractivity contribution is 5.86. The Bertz CT molecular complexity index is 386. The summed E-state index contributed by atoms with van der Waals surface area (Å²) in [7, 11) is 1.47. The molecular formula is C12H20N2O6. The lowest BCUT2D eigenvalue weighted by molar-refractivity contribution is -0.145. The molecule has 0 bridgehead atoms. The number of carbonyl (C=O) groups excluding carboxylic acids is 1. The van der Waals surface area contributed by atoms with Gasteiger partial charge in [0.05, 0.1) is 18.6 Å². The summed E-state index contributed by atoms with van der Waals surface area (Å²) < 4.78 is 0. The molecule has 0 spiro atoms. The second-order valence-corrected chi connectivity index (χ2v) is 4.97. The summed E-state index contributed by atoms with van der Waals surface area (Å²) in [4.78, 5) is 34.6. The van der Waals surface area contributed by atoms with Crippen LogP contribution in [0.2, 0.25) is 0 Å². The third-order valence-electron chi connectivity index (χ3n) is 3.49. The number of urea groups is 1. The van der Waals surface area contributed by atoms with Gasteiger partial charge in [0.1, 0.15) is 6.04 Å². The molecule has 3 atom stereocenters. The summed E-state index contributed by atoms with van der Waals surface area (Å²) in [5.41, 5.74) is 0. The number of nitrogens with zero attached hydrogens (tertiary/aromatic N) is 1. The van der Waals surface area contributed by atoms with Crippen LogP contribution < -0.4 is 5.32 Å². The molecule has 114 valence electrons. The van der Waals surface area contributed by atoms with Gasteiger partial charge in [-0.25, -0.2) is 9.59 Å². The number of aliphatic hydroxyl groups excluding tert-OH is 1. The van der Waals surface area contributed by atoms with Crippen LogP contribution in [0.25, 0.3) is 0 Å². The van der Waals surface area contributed by atoms with Gasteiger partial charge in [-0.2, -0.15) is 0 Å². The summed E-state index contributed by atoms with van der Waals surface area (Å²) >= 11 is 0. The van der Waals surface area contributed by atoms with E-state index in [0.29, 0.717) is 12.8 Å². The number of rotatable bonds is 5. The van der Waals surface area contributed by atoms with Crippen LogP contribution in [0.1, 0.15) is 32.1 Å². The lowest BCUT2D eigenvalue weighted by Crippen LogP contribution is -2.53.